The van der Waals surface area contributed by atoms with Crippen LogP contribution in [0.25, 0.3) is 0 Å². The van der Waals surface area contributed by atoms with Crippen LogP contribution >= 0.6 is 7.82 Å². The maximum atomic E-state index is 11.9. The molecule has 0 radical (unpaired) electrons. The zero-order valence-corrected chi connectivity index (χ0v) is 21.0. The summed E-state index contributed by atoms with van der Waals surface area (Å²) >= 11 is 0. The van der Waals surface area contributed by atoms with E-state index < -0.39 is 13.9 Å². The lowest BCUT2D eigenvalue weighted by Crippen LogP contribution is -2.35. The Hall–Kier alpha value is -0.820. The molecule has 0 N–H and O–H groups in total. The van der Waals surface area contributed by atoms with Gasteiger partial charge in [-0.25, -0.2) is 4.57 Å². The highest BCUT2D eigenvalue weighted by Crippen LogP contribution is 2.38. The van der Waals surface area contributed by atoms with Gasteiger partial charge in [0.25, 0.3) is 7.82 Å². The first-order chi connectivity index (χ1) is 15.6. The molecule has 1 heterocycles. The second-order valence-electron chi connectivity index (χ2n) is 8.16. The topological polar surface area (TPSA) is 80.9 Å². The fourth-order valence-electron chi connectivity index (χ4n) is 3.32. The van der Waals surface area contributed by atoms with Gasteiger partial charge in [-0.2, -0.15) is 0 Å². The van der Waals surface area contributed by atoms with Gasteiger partial charge in [0.15, 0.2) is 18.9 Å². The minimum atomic E-state index is -4.37. The average Bonchev–Trinajstić information content (AvgIpc) is 2.79. The molecule has 0 saturated heterocycles. The Morgan fingerprint density at radius 3 is 2.00 bits per heavy atom. The summed E-state index contributed by atoms with van der Waals surface area (Å²) in [5, 5.41) is 0. The lowest BCUT2D eigenvalue weighted by molar-refractivity contribution is -0.697. The average molecular weight is 474 g/mol. The number of phosphoric acid groups is 1. The highest BCUT2D eigenvalue weighted by atomic mass is 31.2. The van der Waals surface area contributed by atoms with Crippen molar-refractivity contribution in [2.24, 2.45) is 0 Å². The predicted molar refractivity (Wildman–Crippen MR) is 124 cm³/mol. The van der Waals surface area contributed by atoms with Crippen molar-refractivity contribution in [2.75, 3.05) is 33.5 Å². The first-order valence-corrected chi connectivity index (χ1v) is 13.7. The van der Waals surface area contributed by atoms with E-state index in [-0.39, 0.29) is 13.2 Å². The number of aromatic nitrogens is 1. The summed E-state index contributed by atoms with van der Waals surface area (Å²) in [6, 6.07) is 5.63. The van der Waals surface area contributed by atoms with Gasteiger partial charge >= 0.3 is 0 Å². The van der Waals surface area contributed by atoms with Gasteiger partial charge in [-0.15, -0.1) is 0 Å². The van der Waals surface area contributed by atoms with Gasteiger partial charge in [-0.1, -0.05) is 77.2 Å². The van der Waals surface area contributed by atoms with E-state index in [1.807, 2.05) is 35.2 Å². The summed E-state index contributed by atoms with van der Waals surface area (Å²) in [6.45, 7) is 3.52. The predicted octanol–water partition coefficient (Wildman–Crippen LogP) is 4.82. The highest BCUT2D eigenvalue weighted by molar-refractivity contribution is 7.45. The molecule has 1 aromatic heterocycles. The SMILES string of the molecule is CCCCCCCCCCCCCOCC(COP(=O)([O-])OCC[n+]1ccccc1)OC. The van der Waals surface area contributed by atoms with Crippen molar-refractivity contribution in [1.82, 2.24) is 0 Å². The fraction of sp³-hybridized carbons (Fsp3) is 0.792. The molecule has 0 spiro atoms. The van der Waals surface area contributed by atoms with Crippen LogP contribution in [0.1, 0.15) is 77.6 Å². The summed E-state index contributed by atoms with van der Waals surface area (Å²) in [7, 11) is -2.85. The van der Waals surface area contributed by atoms with Crippen LogP contribution in [0.2, 0.25) is 0 Å². The van der Waals surface area contributed by atoms with E-state index in [2.05, 4.69) is 6.92 Å². The smallest absolute Gasteiger partial charge is 0.268 e. The van der Waals surface area contributed by atoms with Crippen LogP contribution in [0.5, 0.6) is 0 Å². The lowest BCUT2D eigenvalue weighted by atomic mass is 10.1. The van der Waals surface area contributed by atoms with Crippen molar-refractivity contribution in [2.45, 2.75) is 90.2 Å². The standard InChI is InChI=1S/C24H44NO6P/c1-3-4-5-6-7-8-9-10-11-12-16-20-29-22-24(28-2)23-31-32(26,27)30-21-19-25-17-14-13-15-18-25/h13-15,17-18,24H,3-12,16,19-23H2,1-2H3. The molecule has 1 aromatic rings. The molecule has 2 unspecified atom stereocenters. The van der Waals surface area contributed by atoms with Gasteiger partial charge in [0.2, 0.25) is 0 Å². The number of phosphoric ester groups is 1. The normalized spacial score (nSPS) is 14.3. The molecule has 186 valence electrons. The Labute approximate surface area is 195 Å². The van der Waals surface area contributed by atoms with Gasteiger partial charge in [0, 0.05) is 25.8 Å². The Balaban J connectivity index is 1.98. The number of pyridine rings is 1. The van der Waals surface area contributed by atoms with Crippen LogP contribution in [0.3, 0.4) is 0 Å². The number of unbranched alkanes of at least 4 members (excludes halogenated alkanes) is 10. The molecule has 7 nitrogen and oxygen atoms in total. The number of ether oxygens (including phenoxy) is 2. The summed E-state index contributed by atoms with van der Waals surface area (Å²) < 4.78 is 34.5. The monoisotopic (exact) mass is 473 g/mol. The molecule has 0 fully saturated rings. The van der Waals surface area contributed by atoms with Crippen molar-refractivity contribution in [3.8, 4) is 0 Å². The lowest BCUT2D eigenvalue weighted by Gasteiger charge is -2.24. The number of nitrogens with zero attached hydrogens (tertiary/aromatic N) is 1. The molecule has 0 aliphatic rings. The van der Waals surface area contributed by atoms with E-state index in [0.717, 1.165) is 12.8 Å². The molecule has 1 rings (SSSR count). The molecule has 0 saturated carbocycles. The molecule has 8 heteroatoms. The van der Waals surface area contributed by atoms with E-state index in [4.69, 9.17) is 18.5 Å². The molecular weight excluding hydrogens is 429 g/mol. The van der Waals surface area contributed by atoms with Crippen LogP contribution in [0, 0.1) is 0 Å². The highest BCUT2D eigenvalue weighted by Gasteiger charge is 2.15. The molecule has 0 bridgehead atoms. The molecule has 32 heavy (non-hydrogen) atoms. The molecule has 0 aliphatic heterocycles. The number of methoxy groups -OCH3 is 1. The van der Waals surface area contributed by atoms with Crippen LogP contribution in [0.4, 0.5) is 0 Å². The fourth-order valence-corrected chi connectivity index (χ4v) is 4.05. The van der Waals surface area contributed by atoms with Crippen molar-refractivity contribution in [1.29, 1.82) is 0 Å². The maximum Gasteiger partial charge on any atom is 0.268 e. The van der Waals surface area contributed by atoms with Crippen LogP contribution < -0.4 is 9.46 Å². The van der Waals surface area contributed by atoms with E-state index >= 15 is 0 Å². The molecule has 2 atom stereocenters. The minimum Gasteiger partial charge on any atom is -0.756 e. The van der Waals surface area contributed by atoms with Crippen LogP contribution in [-0.2, 0) is 29.6 Å². The summed E-state index contributed by atoms with van der Waals surface area (Å²) in [6.07, 6.45) is 17.4. The Bertz CT molecular complexity index is 589. The van der Waals surface area contributed by atoms with Gasteiger partial charge in [0.1, 0.15) is 12.7 Å². The molecule has 0 amide bonds. The second-order valence-corrected chi connectivity index (χ2v) is 9.57. The second kappa shape index (κ2) is 19.6. The Kier molecular flexibility index (Phi) is 17.9. The Morgan fingerprint density at radius 2 is 1.41 bits per heavy atom. The van der Waals surface area contributed by atoms with Gasteiger partial charge in [-0.3, -0.25) is 4.57 Å². The summed E-state index contributed by atoms with van der Waals surface area (Å²) in [5.41, 5.74) is 0. The Morgan fingerprint density at radius 1 is 0.812 bits per heavy atom. The zero-order valence-electron chi connectivity index (χ0n) is 20.1. The molecule has 0 aromatic carbocycles. The third kappa shape index (κ3) is 16.8. The van der Waals surface area contributed by atoms with Gasteiger partial charge in [0.05, 0.1) is 13.2 Å². The zero-order chi connectivity index (χ0) is 23.3. The van der Waals surface area contributed by atoms with Crippen LogP contribution in [-0.4, -0.2) is 39.6 Å². The van der Waals surface area contributed by atoms with Gasteiger partial charge in [-0.05, 0) is 6.42 Å². The third-order valence-electron chi connectivity index (χ3n) is 5.32. The number of hydrogen-bond acceptors (Lipinski definition) is 6. The van der Waals surface area contributed by atoms with Crippen molar-refractivity contribution in [3.63, 3.8) is 0 Å². The van der Waals surface area contributed by atoms with E-state index in [1.165, 1.54) is 64.9 Å². The van der Waals surface area contributed by atoms with Crippen molar-refractivity contribution in [3.05, 3.63) is 30.6 Å². The van der Waals surface area contributed by atoms with E-state index in [0.29, 0.717) is 19.8 Å². The quantitative estimate of drug-likeness (QED) is 0.136. The maximum absolute atomic E-state index is 11.9. The van der Waals surface area contributed by atoms with E-state index in [9.17, 15) is 9.46 Å². The third-order valence-corrected chi connectivity index (χ3v) is 6.29. The van der Waals surface area contributed by atoms with Crippen molar-refractivity contribution >= 4 is 7.82 Å². The molecule has 0 aliphatic carbocycles. The number of hydrogen-bond donors (Lipinski definition) is 0. The number of rotatable bonds is 22. The van der Waals surface area contributed by atoms with Crippen LogP contribution in [0.15, 0.2) is 30.6 Å². The van der Waals surface area contributed by atoms with Gasteiger partial charge < -0.3 is 23.4 Å². The molecular formula is C24H44NO6P. The summed E-state index contributed by atoms with van der Waals surface area (Å²) in [4.78, 5) is 11.9. The largest absolute Gasteiger partial charge is 0.756 e. The first-order valence-electron chi connectivity index (χ1n) is 12.2. The summed E-state index contributed by atoms with van der Waals surface area (Å²) in [5.74, 6) is 0. The van der Waals surface area contributed by atoms with E-state index in [1.54, 1.807) is 0 Å². The van der Waals surface area contributed by atoms with Crippen molar-refractivity contribution < 1.29 is 32.5 Å². The minimum absolute atomic E-state index is 0.0163. The first kappa shape index (κ1) is 29.2.